The third-order valence-corrected chi connectivity index (χ3v) is 12.6. The lowest BCUT2D eigenvalue weighted by Gasteiger charge is -2.03. The van der Waals surface area contributed by atoms with Gasteiger partial charge in [0.15, 0.2) is 0 Å². The number of carbonyl (C=O) groups excluding carboxylic acids is 5. The highest BCUT2D eigenvalue weighted by molar-refractivity contribution is 5.81. The zero-order chi connectivity index (χ0) is 58.3. The van der Waals surface area contributed by atoms with Crippen molar-refractivity contribution in [1.29, 1.82) is 0 Å². The number of rotatable bonds is 44. The van der Waals surface area contributed by atoms with E-state index in [-0.39, 0.29) is 29.6 Å². The average molecular weight is 1060 g/mol. The van der Waals surface area contributed by atoms with Crippen LogP contribution in [-0.4, -0.2) is 28.9 Å². The molecular formula is C71H128O5. The zero-order valence-corrected chi connectivity index (χ0v) is 53.1. The maximum Gasteiger partial charge on any atom is 0.135 e. The second-order valence-corrected chi connectivity index (χ2v) is 22.1. The van der Waals surface area contributed by atoms with Crippen LogP contribution in [0.2, 0.25) is 0 Å². The Morgan fingerprint density at radius 2 is 0.461 bits per heavy atom. The van der Waals surface area contributed by atoms with Crippen LogP contribution in [0.25, 0.3) is 0 Å². The van der Waals surface area contributed by atoms with Crippen molar-refractivity contribution in [2.24, 2.45) is 29.6 Å². The summed E-state index contributed by atoms with van der Waals surface area (Å²) in [5.74, 6) is 3.10. The molecular weight excluding hydrogens is 933 g/mol. The van der Waals surface area contributed by atoms with Gasteiger partial charge in [-0.3, -0.25) is 24.0 Å². The molecule has 0 bridgehead atoms. The molecule has 5 nitrogen and oxygen atoms in total. The fourth-order valence-corrected chi connectivity index (χ4v) is 7.02. The Kier molecular flexibility index (Phi) is 72.4. The number of unbranched alkanes of at least 4 members (excludes halogenated alkanes) is 15. The molecule has 0 radical (unpaired) electrons. The van der Waals surface area contributed by atoms with E-state index in [0.29, 0.717) is 35.3 Å². The lowest BCUT2D eigenvalue weighted by Crippen LogP contribution is -2.05. The van der Waals surface area contributed by atoms with Crippen LogP contribution in [0.5, 0.6) is 0 Å². The van der Waals surface area contributed by atoms with E-state index in [9.17, 15) is 24.0 Å². The van der Waals surface area contributed by atoms with Gasteiger partial charge in [0.1, 0.15) is 28.9 Å². The van der Waals surface area contributed by atoms with Crippen molar-refractivity contribution in [3.05, 3.63) is 85.1 Å². The van der Waals surface area contributed by atoms with E-state index >= 15 is 0 Å². The molecule has 5 heteroatoms. The summed E-state index contributed by atoms with van der Waals surface area (Å²) in [6.07, 6.45) is 66.5. The largest absolute Gasteiger partial charge is 0.299 e. The summed E-state index contributed by atoms with van der Waals surface area (Å²) in [5, 5.41) is 0. The Morgan fingerprint density at radius 1 is 0.237 bits per heavy atom. The van der Waals surface area contributed by atoms with Gasteiger partial charge in [-0.25, -0.2) is 0 Å². The number of Topliss-reactive ketones (excluding diaryl/α,β-unsaturated/α-hetero) is 5. The monoisotopic (exact) mass is 1060 g/mol. The van der Waals surface area contributed by atoms with Crippen molar-refractivity contribution >= 4 is 28.9 Å². The molecule has 0 aromatic rings. The minimum Gasteiger partial charge on any atom is -0.299 e. The van der Waals surface area contributed by atoms with E-state index in [2.05, 4.69) is 113 Å². The van der Waals surface area contributed by atoms with Crippen molar-refractivity contribution in [2.75, 3.05) is 0 Å². The highest BCUT2D eigenvalue weighted by atomic mass is 16.1. The molecule has 0 aromatic heterocycles. The molecule has 0 heterocycles. The van der Waals surface area contributed by atoms with E-state index in [1.165, 1.54) is 96.3 Å². The van der Waals surface area contributed by atoms with Gasteiger partial charge in [0, 0.05) is 61.7 Å². The van der Waals surface area contributed by atoms with E-state index in [1.54, 1.807) is 0 Å². The van der Waals surface area contributed by atoms with Gasteiger partial charge in [0.2, 0.25) is 0 Å². The molecule has 76 heavy (non-hydrogen) atoms. The molecule has 0 aliphatic carbocycles. The predicted octanol–water partition coefficient (Wildman–Crippen LogP) is 22.5. The second kappa shape index (κ2) is 67.6. The van der Waals surface area contributed by atoms with Crippen molar-refractivity contribution in [3.63, 3.8) is 0 Å². The number of ketones is 5. The fraction of sp³-hybridized carbons (Fsp3) is 0.732. The highest BCUT2D eigenvalue weighted by Crippen LogP contribution is 2.12. The molecule has 0 saturated carbocycles. The van der Waals surface area contributed by atoms with Crippen LogP contribution in [0.3, 0.4) is 0 Å². The molecule has 0 N–H and O–H groups in total. The maximum absolute atomic E-state index is 11.5. The number of carbonyl (C=O) groups is 5. The quantitative estimate of drug-likeness (QED) is 0.0448. The van der Waals surface area contributed by atoms with Crippen molar-refractivity contribution in [3.8, 4) is 0 Å². The summed E-state index contributed by atoms with van der Waals surface area (Å²) in [4.78, 5) is 55.8. The van der Waals surface area contributed by atoms with Crippen molar-refractivity contribution in [1.82, 2.24) is 0 Å². The van der Waals surface area contributed by atoms with Gasteiger partial charge >= 0.3 is 0 Å². The molecule has 442 valence electrons. The van der Waals surface area contributed by atoms with Gasteiger partial charge in [0.25, 0.3) is 0 Å². The second-order valence-electron chi connectivity index (χ2n) is 22.1. The first-order valence-electron chi connectivity index (χ1n) is 31.6. The summed E-state index contributed by atoms with van der Waals surface area (Å²) in [5.41, 5.74) is 0. The number of allylic oxidation sites excluding steroid dienone is 14. The normalized spacial score (nSPS) is 11.7. The lowest BCUT2D eigenvalue weighted by atomic mass is 10.0. The molecule has 0 aliphatic rings. The van der Waals surface area contributed by atoms with Gasteiger partial charge in [-0.05, 0) is 103 Å². The molecule has 0 amide bonds. The van der Waals surface area contributed by atoms with Crippen LogP contribution in [0.15, 0.2) is 85.1 Å². The Balaban J connectivity index is -0.000000294. The molecule has 0 aromatic carbocycles. The van der Waals surface area contributed by atoms with Crippen LogP contribution < -0.4 is 0 Å². The van der Waals surface area contributed by atoms with E-state index < -0.39 is 0 Å². The average Bonchev–Trinajstić information content (AvgIpc) is 3.38. The van der Waals surface area contributed by atoms with E-state index in [0.717, 1.165) is 103 Å². The SMILES string of the molecule is CC/C=C\C/C=C\C/C=C\C/C=C\C/C=C\CCCC(=O)C(C)C.CCCC(=O)C(C)C.CCCCCC(=O)C(C)C.CCCCCC/C=C\C/C=C\CCCCCCC(=O)C(C)C.CCCCCCCC(=O)C(C)C. The van der Waals surface area contributed by atoms with Crippen LogP contribution in [0, 0.1) is 29.6 Å². The summed E-state index contributed by atoms with van der Waals surface area (Å²) in [6.45, 7) is 30.5. The molecule has 0 unspecified atom stereocenters. The first-order chi connectivity index (χ1) is 36.4. The molecule has 0 rings (SSSR count). The topological polar surface area (TPSA) is 85.3 Å². The highest BCUT2D eigenvalue weighted by Gasteiger charge is 2.08. The molecule has 0 aliphatic heterocycles. The number of hydrogen-bond acceptors (Lipinski definition) is 5. The fourth-order valence-electron chi connectivity index (χ4n) is 7.02. The van der Waals surface area contributed by atoms with Crippen LogP contribution in [-0.2, 0) is 24.0 Å². The third-order valence-electron chi connectivity index (χ3n) is 12.6. The van der Waals surface area contributed by atoms with E-state index in [4.69, 9.17) is 0 Å². The maximum atomic E-state index is 11.5. The Hall–Kier alpha value is -3.47. The van der Waals surface area contributed by atoms with E-state index in [1.807, 2.05) is 76.2 Å². The van der Waals surface area contributed by atoms with Gasteiger partial charge in [-0.1, -0.05) is 260 Å². The zero-order valence-electron chi connectivity index (χ0n) is 53.1. The van der Waals surface area contributed by atoms with Gasteiger partial charge < -0.3 is 0 Å². The Morgan fingerprint density at radius 3 is 0.750 bits per heavy atom. The minimum absolute atomic E-state index is 0.179. The van der Waals surface area contributed by atoms with Crippen molar-refractivity contribution in [2.45, 2.75) is 309 Å². The standard InChI is InChI=1S/C23H36O.C21H38O.C11H22O.C9H18O.C7H14O/c1-4-5-6-7-8-9-10-11-12-13-14-15-16-17-18-19-20-21-23(24)22(2)3;1-4-5-6-7-8-9-10-11-12-13-14-15-16-17-18-19-21(22)20(2)3;1-4-5-6-7-8-9-11(12)10(2)3;1-4-5-6-7-9(10)8(2)3;1-4-5-7(8)6(2)3/h5-6,8-9,11-12,14-15,17-18,22H,4,7,10,13,16,19-21H2,1-3H3;9-10,12-13,20H,4-8,11,14-19H2,1-3H3;10H,4-9H2,1-3H3;8H,4-7H2,1-3H3;6H,4-5H2,1-3H3/b6-5-,9-8-,12-11-,15-14-,18-17-;10-9-,13-12-;;;. The smallest absolute Gasteiger partial charge is 0.135 e. The summed E-state index contributed by atoms with van der Waals surface area (Å²) < 4.78 is 0. The summed E-state index contributed by atoms with van der Waals surface area (Å²) in [7, 11) is 0. The van der Waals surface area contributed by atoms with Crippen LogP contribution >= 0.6 is 0 Å². The first-order valence-corrected chi connectivity index (χ1v) is 31.6. The molecule has 0 fully saturated rings. The summed E-state index contributed by atoms with van der Waals surface area (Å²) >= 11 is 0. The Bertz CT molecular complexity index is 1490. The lowest BCUT2D eigenvalue weighted by molar-refractivity contribution is -0.122. The van der Waals surface area contributed by atoms with Crippen LogP contribution in [0.4, 0.5) is 0 Å². The first kappa shape index (κ1) is 81.4. The molecule has 0 saturated heterocycles. The summed E-state index contributed by atoms with van der Waals surface area (Å²) in [6, 6.07) is 0. The number of hydrogen-bond donors (Lipinski definition) is 0. The predicted molar refractivity (Wildman–Crippen MR) is 339 cm³/mol. The van der Waals surface area contributed by atoms with Gasteiger partial charge in [-0.2, -0.15) is 0 Å². The van der Waals surface area contributed by atoms with Gasteiger partial charge in [0.05, 0.1) is 0 Å². The minimum atomic E-state index is 0.179. The molecule has 0 atom stereocenters. The third kappa shape index (κ3) is 74.8. The van der Waals surface area contributed by atoms with Crippen molar-refractivity contribution < 1.29 is 24.0 Å². The van der Waals surface area contributed by atoms with Gasteiger partial charge in [-0.15, -0.1) is 0 Å². The molecule has 0 spiro atoms. The van der Waals surface area contributed by atoms with Crippen LogP contribution in [0.1, 0.15) is 309 Å². The Labute approximate surface area is 474 Å².